The Hall–Kier alpha value is -0.860. The molecule has 1 aliphatic rings. The summed E-state index contributed by atoms with van der Waals surface area (Å²) >= 11 is 0. The van der Waals surface area contributed by atoms with Crippen molar-refractivity contribution in [1.29, 1.82) is 0 Å². The van der Waals surface area contributed by atoms with Gasteiger partial charge in [-0.25, -0.2) is 0 Å². The van der Waals surface area contributed by atoms with Gasteiger partial charge in [0.05, 0.1) is 6.61 Å². The lowest BCUT2D eigenvalue weighted by molar-refractivity contribution is 0.148. The molecule has 1 aliphatic heterocycles. The monoisotopic (exact) mass is 275 g/mol. The van der Waals surface area contributed by atoms with E-state index in [-0.39, 0.29) is 5.41 Å². The third-order valence-corrected chi connectivity index (χ3v) is 4.39. The standard InChI is InChI=1S/C18H29NO/c1-14(2)11-19-12-18(7-8-20-13-18)10-17-6-5-15(3)16(4)9-17/h5-6,9,14,19H,7-8,10-13H2,1-4H3. The van der Waals surface area contributed by atoms with Crippen LogP contribution in [0.2, 0.25) is 0 Å². The lowest BCUT2D eigenvalue weighted by Gasteiger charge is -2.28. The highest BCUT2D eigenvalue weighted by Gasteiger charge is 2.34. The molecule has 1 N–H and O–H groups in total. The van der Waals surface area contributed by atoms with Crippen molar-refractivity contribution in [2.75, 3.05) is 26.3 Å². The van der Waals surface area contributed by atoms with E-state index in [2.05, 4.69) is 51.2 Å². The van der Waals surface area contributed by atoms with Gasteiger partial charge < -0.3 is 10.1 Å². The van der Waals surface area contributed by atoms with Crippen LogP contribution in [0.5, 0.6) is 0 Å². The summed E-state index contributed by atoms with van der Waals surface area (Å²) in [6, 6.07) is 6.87. The Morgan fingerprint density at radius 2 is 2.05 bits per heavy atom. The first-order valence-electron chi connectivity index (χ1n) is 7.85. The van der Waals surface area contributed by atoms with Gasteiger partial charge in [-0.05, 0) is 55.8 Å². The smallest absolute Gasteiger partial charge is 0.0538 e. The molecule has 1 aromatic carbocycles. The lowest BCUT2D eigenvalue weighted by Crippen LogP contribution is -2.38. The van der Waals surface area contributed by atoms with Gasteiger partial charge in [0.15, 0.2) is 0 Å². The minimum absolute atomic E-state index is 0.288. The van der Waals surface area contributed by atoms with Gasteiger partial charge in [-0.15, -0.1) is 0 Å². The van der Waals surface area contributed by atoms with E-state index >= 15 is 0 Å². The van der Waals surface area contributed by atoms with E-state index in [1.807, 2.05) is 0 Å². The molecule has 0 aliphatic carbocycles. The van der Waals surface area contributed by atoms with Crippen molar-refractivity contribution in [2.24, 2.45) is 11.3 Å². The van der Waals surface area contributed by atoms with Crippen molar-refractivity contribution in [3.63, 3.8) is 0 Å². The third kappa shape index (κ3) is 4.07. The van der Waals surface area contributed by atoms with Crippen LogP contribution in [0.25, 0.3) is 0 Å². The van der Waals surface area contributed by atoms with Crippen molar-refractivity contribution >= 4 is 0 Å². The molecule has 1 unspecified atom stereocenters. The average Bonchev–Trinajstić information content (AvgIpc) is 2.82. The molecule has 0 amide bonds. The van der Waals surface area contributed by atoms with Crippen LogP contribution in [-0.4, -0.2) is 26.3 Å². The molecule has 1 saturated heterocycles. The topological polar surface area (TPSA) is 21.3 Å². The van der Waals surface area contributed by atoms with Crippen molar-refractivity contribution in [1.82, 2.24) is 5.32 Å². The third-order valence-electron chi connectivity index (χ3n) is 4.39. The van der Waals surface area contributed by atoms with Crippen LogP contribution >= 0.6 is 0 Å². The van der Waals surface area contributed by atoms with Gasteiger partial charge >= 0.3 is 0 Å². The van der Waals surface area contributed by atoms with E-state index in [1.54, 1.807) is 0 Å². The fraction of sp³-hybridized carbons (Fsp3) is 0.667. The maximum absolute atomic E-state index is 5.70. The second-order valence-corrected chi connectivity index (χ2v) is 6.92. The predicted octanol–water partition coefficient (Wildman–Crippen LogP) is 3.50. The molecule has 1 aromatic rings. The largest absolute Gasteiger partial charge is 0.381 e. The van der Waals surface area contributed by atoms with Crippen molar-refractivity contribution in [2.45, 2.75) is 40.5 Å². The summed E-state index contributed by atoms with van der Waals surface area (Å²) < 4.78 is 5.70. The van der Waals surface area contributed by atoms with Crippen molar-refractivity contribution in [3.8, 4) is 0 Å². The number of hydrogen-bond acceptors (Lipinski definition) is 2. The Kier molecular flexibility index (Phi) is 5.22. The van der Waals surface area contributed by atoms with Crippen LogP contribution in [-0.2, 0) is 11.2 Å². The fourth-order valence-corrected chi connectivity index (χ4v) is 2.96. The van der Waals surface area contributed by atoms with Gasteiger partial charge in [0.2, 0.25) is 0 Å². The Bertz CT molecular complexity index is 433. The minimum Gasteiger partial charge on any atom is -0.381 e. The summed E-state index contributed by atoms with van der Waals surface area (Å²) in [6.45, 7) is 12.9. The molecule has 1 heterocycles. The highest BCUT2D eigenvalue weighted by atomic mass is 16.5. The second kappa shape index (κ2) is 6.73. The highest BCUT2D eigenvalue weighted by molar-refractivity contribution is 5.30. The summed E-state index contributed by atoms with van der Waals surface area (Å²) in [4.78, 5) is 0. The summed E-state index contributed by atoms with van der Waals surface area (Å²) in [7, 11) is 0. The van der Waals surface area contributed by atoms with Gasteiger partial charge in [-0.3, -0.25) is 0 Å². The molecule has 1 atom stereocenters. The van der Waals surface area contributed by atoms with E-state index < -0.39 is 0 Å². The van der Waals surface area contributed by atoms with Gasteiger partial charge in [0, 0.05) is 18.6 Å². The maximum atomic E-state index is 5.70. The zero-order valence-corrected chi connectivity index (χ0v) is 13.5. The van der Waals surface area contributed by atoms with Crippen LogP contribution < -0.4 is 5.32 Å². The van der Waals surface area contributed by atoms with Crippen LogP contribution in [0, 0.1) is 25.2 Å². The van der Waals surface area contributed by atoms with Crippen LogP contribution in [0.15, 0.2) is 18.2 Å². The number of rotatable bonds is 6. The SMILES string of the molecule is Cc1ccc(CC2(CNCC(C)C)CCOC2)cc1C. The molecule has 2 rings (SSSR count). The quantitative estimate of drug-likeness (QED) is 0.858. The van der Waals surface area contributed by atoms with E-state index in [0.717, 1.165) is 32.7 Å². The molecular weight excluding hydrogens is 246 g/mol. The second-order valence-electron chi connectivity index (χ2n) is 6.92. The Labute approximate surface area is 123 Å². The summed E-state index contributed by atoms with van der Waals surface area (Å²) in [5, 5.41) is 3.63. The highest BCUT2D eigenvalue weighted by Crippen LogP contribution is 2.32. The first-order valence-corrected chi connectivity index (χ1v) is 7.85. The van der Waals surface area contributed by atoms with Crippen LogP contribution in [0.4, 0.5) is 0 Å². The molecule has 0 spiro atoms. The molecule has 1 fully saturated rings. The van der Waals surface area contributed by atoms with Gasteiger partial charge in [-0.1, -0.05) is 32.0 Å². The van der Waals surface area contributed by atoms with Crippen LogP contribution in [0.3, 0.4) is 0 Å². The predicted molar refractivity (Wildman–Crippen MR) is 85.2 cm³/mol. The van der Waals surface area contributed by atoms with Gasteiger partial charge in [0.25, 0.3) is 0 Å². The minimum atomic E-state index is 0.288. The molecule has 20 heavy (non-hydrogen) atoms. The van der Waals surface area contributed by atoms with Gasteiger partial charge in [-0.2, -0.15) is 0 Å². The van der Waals surface area contributed by atoms with Gasteiger partial charge in [0.1, 0.15) is 0 Å². The molecule has 0 saturated carbocycles. The summed E-state index contributed by atoms with van der Waals surface area (Å²) in [5.41, 5.74) is 4.51. The molecule has 0 bridgehead atoms. The average molecular weight is 275 g/mol. The molecule has 2 nitrogen and oxygen atoms in total. The number of aryl methyl sites for hydroxylation is 2. The lowest BCUT2D eigenvalue weighted by atomic mass is 9.80. The van der Waals surface area contributed by atoms with E-state index in [0.29, 0.717) is 5.92 Å². The normalized spacial score (nSPS) is 22.6. The molecule has 2 heteroatoms. The van der Waals surface area contributed by atoms with E-state index in [4.69, 9.17) is 4.74 Å². The van der Waals surface area contributed by atoms with Crippen molar-refractivity contribution < 1.29 is 4.74 Å². The molecule has 0 radical (unpaired) electrons. The number of nitrogens with one attached hydrogen (secondary N) is 1. The van der Waals surface area contributed by atoms with Crippen LogP contribution in [0.1, 0.15) is 37.0 Å². The zero-order chi connectivity index (χ0) is 14.6. The molecule has 0 aromatic heterocycles. The first-order chi connectivity index (χ1) is 9.51. The summed E-state index contributed by atoms with van der Waals surface area (Å²) in [6.07, 6.45) is 2.30. The maximum Gasteiger partial charge on any atom is 0.0538 e. The zero-order valence-electron chi connectivity index (χ0n) is 13.5. The molecule has 112 valence electrons. The molecular formula is C18H29NO. The summed E-state index contributed by atoms with van der Waals surface area (Å²) in [5.74, 6) is 0.705. The Morgan fingerprint density at radius 1 is 1.25 bits per heavy atom. The Balaban J connectivity index is 2.02. The first kappa shape index (κ1) is 15.5. The number of hydrogen-bond donors (Lipinski definition) is 1. The Morgan fingerprint density at radius 3 is 2.65 bits per heavy atom. The van der Waals surface area contributed by atoms with Crippen molar-refractivity contribution in [3.05, 3.63) is 34.9 Å². The van der Waals surface area contributed by atoms with E-state index in [1.165, 1.54) is 23.1 Å². The van der Waals surface area contributed by atoms with E-state index in [9.17, 15) is 0 Å². The number of ether oxygens (including phenoxy) is 1. The number of benzene rings is 1. The fourth-order valence-electron chi connectivity index (χ4n) is 2.96.